The highest BCUT2D eigenvalue weighted by Gasteiger charge is 2.19. The van der Waals surface area contributed by atoms with Crippen molar-refractivity contribution in [3.8, 4) is 0 Å². The molecule has 0 amide bonds. The number of aryl methyl sites for hydroxylation is 1. The number of hydrogen-bond donors (Lipinski definition) is 2. The zero-order valence-corrected chi connectivity index (χ0v) is 19.8. The Morgan fingerprint density at radius 3 is 2.38 bits per heavy atom. The number of nitrogens with one attached hydrogen (secondary N) is 2. The quantitative estimate of drug-likeness (QED) is 0.282. The van der Waals surface area contributed by atoms with E-state index in [2.05, 4.69) is 15.2 Å². The number of hydrogen-bond acceptors (Lipinski definition) is 6. The second-order valence-electron chi connectivity index (χ2n) is 7.70. The van der Waals surface area contributed by atoms with Crippen molar-refractivity contribution in [2.24, 2.45) is 0 Å². The molecule has 0 radical (unpaired) electrons. The summed E-state index contributed by atoms with van der Waals surface area (Å²) in [6, 6.07) is 23.7. The van der Waals surface area contributed by atoms with E-state index in [9.17, 15) is 13.2 Å². The van der Waals surface area contributed by atoms with Gasteiger partial charge in [0.05, 0.1) is 10.9 Å². The lowest BCUT2D eigenvalue weighted by atomic mass is 9.97. The van der Waals surface area contributed by atoms with Gasteiger partial charge >= 0.3 is 0 Å². The normalized spacial score (nSPS) is 12.2. The van der Waals surface area contributed by atoms with Crippen molar-refractivity contribution in [3.05, 3.63) is 107 Å². The summed E-state index contributed by atoms with van der Waals surface area (Å²) >= 11 is 6.19. The lowest BCUT2D eigenvalue weighted by molar-refractivity contribution is 0.0976. The van der Waals surface area contributed by atoms with Crippen molar-refractivity contribution >= 4 is 38.9 Å². The molecule has 0 bridgehead atoms. The third-order valence-electron chi connectivity index (χ3n) is 5.11. The van der Waals surface area contributed by atoms with E-state index in [1.165, 1.54) is 18.2 Å². The van der Waals surface area contributed by atoms with Crippen molar-refractivity contribution in [2.45, 2.75) is 24.3 Å². The van der Waals surface area contributed by atoms with Gasteiger partial charge in [0.25, 0.3) is 10.0 Å². The van der Waals surface area contributed by atoms with Crippen molar-refractivity contribution in [1.82, 2.24) is 5.16 Å². The van der Waals surface area contributed by atoms with E-state index in [-0.39, 0.29) is 29.0 Å². The van der Waals surface area contributed by atoms with Crippen LogP contribution in [0.5, 0.6) is 0 Å². The number of nitrogens with zero attached hydrogens (tertiary/aromatic N) is 1. The molecule has 2 N–H and O–H groups in total. The van der Waals surface area contributed by atoms with Gasteiger partial charge in [0.1, 0.15) is 5.76 Å². The van der Waals surface area contributed by atoms with Crippen LogP contribution in [0.25, 0.3) is 0 Å². The molecule has 1 atom stereocenters. The van der Waals surface area contributed by atoms with Gasteiger partial charge in [-0.05, 0) is 48.9 Å². The molecule has 0 saturated carbocycles. The average Bonchev–Trinajstić information content (AvgIpc) is 3.23. The summed E-state index contributed by atoms with van der Waals surface area (Å²) < 4.78 is 32.5. The Balaban J connectivity index is 1.54. The topological polar surface area (TPSA) is 101 Å². The first-order valence-electron chi connectivity index (χ1n) is 10.5. The predicted molar refractivity (Wildman–Crippen MR) is 132 cm³/mol. The molecule has 1 aromatic heterocycles. The monoisotopic (exact) mass is 495 g/mol. The highest BCUT2D eigenvalue weighted by molar-refractivity contribution is 7.92. The fraction of sp³-hybridized carbons (Fsp3) is 0.120. The van der Waals surface area contributed by atoms with Crippen molar-refractivity contribution in [3.63, 3.8) is 0 Å². The second-order valence-corrected chi connectivity index (χ2v) is 9.82. The van der Waals surface area contributed by atoms with Crippen molar-refractivity contribution < 1.29 is 17.7 Å². The fourth-order valence-electron chi connectivity index (χ4n) is 3.45. The molecular formula is C25H22ClN3O4S. The third-order valence-corrected chi connectivity index (χ3v) is 6.71. The Morgan fingerprint density at radius 1 is 1.00 bits per heavy atom. The molecule has 0 saturated heterocycles. The van der Waals surface area contributed by atoms with E-state index in [1.54, 1.807) is 43.3 Å². The zero-order valence-electron chi connectivity index (χ0n) is 18.2. The summed E-state index contributed by atoms with van der Waals surface area (Å²) in [5, 5.41) is 7.55. The predicted octanol–water partition coefficient (Wildman–Crippen LogP) is 5.86. The standard InChI is InChI=1S/C25H22ClN3O4S/c1-17-14-25(28-33-17)29-34(31,32)22-12-10-21(11-13-22)27-23(19-8-5-9-20(26)15-19)16-24(30)18-6-3-2-4-7-18/h2-15,23,27H,16H2,1H3,(H,28,29). The number of benzene rings is 3. The summed E-state index contributed by atoms with van der Waals surface area (Å²) in [6.07, 6.45) is 0.192. The van der Waals surface area contributed by atoms with E-state index in [1.807, 2.05) is 30.3 Å². The molecule has 0 spiro atoms. The van der Waals surface area contributed by atoms with Crippen LogP contribution in [0.1, 0.15) is 34.1 Å². The molecule has 0 aliphatic rings. The van der Waals surface area contributed by atoms with E-state index in [0.717, 1.165) is 5.56 Å². The Hall–Kier alpha value is -3.62. The molecule has 1 heterocycles. The Kier molecular flexibility index (Phi) is 7.00. The van der Waals surface area contributed by atoms with Gasteiger partial charge in [0.15, 0.2) is 11.6 Å². The van der Waals surface area contributed by atoms with Gasteiger partial charge in [0.2, 0.25) is 0 Å². The van der Waals surface area contributed by atoms with E-state index >= 15 is 0 Å². The molecule has 0 aliphatic carbocycles. The number of aromatic nitrogens is 1. The summed E-state index contributed by atoms with van der Waals surface area (Å²) in [4.78, 5) is 13.0. The molecule has 34 heavy (non-hydrogen) atoms. The van der Waals surface area contributed by atoms with E-state index in [4.69, 9.17) is 16.1 Å². The van der Waals surface area contributed by atoms with Crippen LogP contribution < -0.4 is 10.0 Å². The molecule has 1 unspecified atom stereocenters. The SMILES string of the molecule is Cc1cc(NS(=O)(=O)c2ccc(NC(CC(=O)c3ccccc3)c3cccc(Cl)c3)cc2)no1. The summed E-state index contributed by atoms with van der Waals surface area (Å²) in [7, 11) is -3.83. The zero-order chi connectivity index (χ0) is 24.1. The third kappa shape index (κ3) is 5.84. The van der Waals surface area contributed by atoms with Crippen LogP contribution in [-0.4, -0.2) is 19.4 Å². The van der Waals surface area contributed by atoms with Crippen LogP contribution >= 0.6 is 11.6 Å². The second kappa shape index (κ2) is 10.1. The van der Waals surface area contributed by atoms with Crippen LogP contribution in [-0.2, 0) is 10.0 Å². The molecular weight excluding hydrogens is 474 g/mol. The van der Waals surface area contributed by atoms with Crippen LogP contribution in [0, 0.1) is 6.92 Å². The largest absolute Gasteiger partial charge is 0.378 e. The molecule has 3 aromatic carbocycles. The number of halogens is 1. The van der Waals surface area contributed by atoms with Crippen molar-refractivity contribution in [2.75, 3.05) is 10.0 Å². The smallest absolute Gasteiger partial charge is 0.263 e. The minimum atomic E-state index is -3.83. The summed E-state index contributed by atoms with van der Waals surface area (Å²) in [6.45, 7) is 1.67. The van der Waals surface area contributed by atoms with Gasteiger partial charge in [-0.15, -0.1) is 0 Å². The van der Waals surface area contributed by atoms with Gasteiger partial charge in [-0.3, -0.25) is 9.52 Å². The fourth-order valence-corrected chi connectivity index (χ4v) is 4.63. The maximum absolute atomic E-state index is 12.9. The number of carbonyl (C=O) groups is 1. The molecule has 0 aliphatic heterocycles. The first-order chi connectivity index (χ1) is 16.3. The lowest BCUT2D eigenvalue weighted by Gasteiger charge is -2.20. The Labute approximate surface area is 202 Å². The highest BCUT2D eigenvalue weighted by Crippen LogP contribution is 2.27. The molecule has 174 valence electrons. The summed E-state index contributed by atoms with van der Waals surface area (Å²) in [5.41, 5.74) is 2.12. The number of Topliss-reactive ketones (excluding diaryl/α,β-unsaturated/α-hetero) is 1. The van der Waals surface area contributed by atoms with Gasteiger partial charge < -0.3 is 9.84 Å². The first kappa shape index (κ1) is 23.5. The highest BCUT2D eigenvalue weighted by atomic mass is 35.5. The number of rotatable bonds is 9. The van der Waals surface area contributed by atoms with Crippen molar-refractivity contribution in [1.29, 1.82) is 0 Å². The number of ketones is 1. The van der Waals surface area contributed by atoms with Gasteiger partial charge in [-0.25, -0.2) is 8.42 Å². The Morgan fingerprint density at radius 2 is 1.74 bits per heavy atom. The van der Waals surface area contributed by atoms with Crippen LogP contribution in [0.4, 0.5) is 11.5 Å². The first-order valence-corrected chi connectivity index (χ1v) is 12.3. The number of carbonyl (C=O) groups excluding carboxylic acids is 1. The Bertz CT molecular complexity index is 1390. The van der Waals surface area contributed by atoms with Crippen LogP contribution in [0.2, 0.25) is 5.02 Å². The molecule has 4 rings (SSSR count). The number of sulfonamides is 1. The summed E-state index contributed by atoms with van der Waals surface area (Å²) in [5.74, 6) is 0.582. The van der Waals surface area contributed by atoms with Crippen LogP contribution in [0.3, 0.4) is 0 Å². The minimum absolute atomic E-state index is 0.0237. The molecule has 4 aromatic rings. The van der Waals surface area contributed by atoms with Gasteiger partial charge in [0, 0.05) is 28.8 Å². The van der Waals surface area contributed by atoms with E-state index in [0.29, 0.717) is 22.0 Å². The lowest BCUT2D eigenvalue weighted by Crippen LogP contribution is -2.16. The maximum Gasteiger partial charge on any atom is 0.263 e. The van der Waals surface area contributed by atoms with E-state index < -0.39 is 10.0 Å². The van der Waals surface area contributed by atoms with Crippen LogP contribution in [0.15, 0.2) is 94.3 Å². The number of anilines is 2. The molecule has 7 nitrogen and oxygen atoms in total. The maximum atomic E-state index is 12.9. The van der Waals surface area contributed by atoms with Gasteiger partial charge in [-0.2, -0.15) is 0 Å². The minimum Gasteiger partial charge on any atom is -0.378 e. The van der Waals surface area contributed by atoms with Gasteiger partial charge in [-0.1, -0.05) is 59.2 Å². The average molecular weight is 496 g/mol. The molecule has 0 fully saturated rings. The molecule has 9 heteroatoms.